The zero-order valence-corrected chi connectivity index (χ0v) is 18.2. The van der Waals surface area contributed by atoms with Gasteiger partial charge >= 0.3 is 0 Å². The van der Waals surface area contributed by atoms with Crippen LogP contribution in [0.1, 0.15) is 11.3 Å². The van der Waals surface area contributed by atoms with E-state index in [0.717, 1.165) is 40.6 Å². The fraction of sp³-hybridized carbons (Fsp3) is 0.174. The summed E-state index contributed by atoms with van der Waals surface area (Å²) in [6, 6.07) is 14.1. The van der Waals surface area contributed by atoms with Crippen molar-refractivity contribution in [2.24, 2.45) is 0 Å². The minimum absolute atomic E-state index is 0.387. The van der Waals surface area contributed by atoms with Crippen molar-refractivity contribution in [2.75, 3.05) is 23.5 Å². The van der Waals surface area contributed by atoms with Gasteiger partial charge in [-0.1, -0.05) is 18.7 Å². The number of ether oxygens (including phenoxy) is 2. The number of fused-ring (bicyclic) bond motifs is 1. The Labute approximate surface area is 189 Å². The molecule has 1 aromatic heterocycles. The quantitative estimate of drug-likeness (QED) is 0.475. The van der Waals surface area contributed by atoms with Gasteiger partial charge in [0.05, 0.1) is 12.8 Å². The first-order valence-electron chi connectivity index (χ1n) is 9.84. The van der Waals surface area contributed by atoms with Crippen molar-refractivity contribution >= 4 is 35.0 Å². The lowest BCUT2D eigenvalue weighted by Crippen LogP contribution is -2.12. The molecule has 1 aliphatic heterocycles. The van der Waals surface area contributed by atoms with Crippen LogP contribution in [-0.2, 0) is 17.0 Å². The second-order valence-electron chi connectivity index (χ2n) is 6.93. The van der Waals surface area contributed by atoms with Gasteiger partial charge in [-0.15, -0.1) is 0 Å². The molecule has 0 saturated carbocycles. The highest BCUT2D eigenvalue weighted by atomic mass is 32.2. The highest BCUT2D eigenvalue weighted by Crippen LogP contribution is 2.34. The molecule has 3 aromatic rings. The maximum Gasteiger partial charge on any atom is 0.283 e. The highest BCUT2D eigenvalue weighted by Gasteiger charge is 2.20. The van der Waals surface area contributed by atoms with E-state index in [1.54, 1.807) is 43.1 Å². The van der Waals surface area contributed by atoms with E-state index in [1.807, 2.05) is 24.3 Å². The number of thioether (sulfide) groups is 1. The zero-order chi connectivity index (χ0) is 22.5. The fourth-order valence-corrected chi connectivity index (χ4v) is 4.10. The van der Waals surface area contributed by atoms with Gasteiger partial charge in [-0.2, -0.15) is 16.7 Å². The van der Waals surface area contributed by atoms with Crippen molar-refractivity contribution < 1.29 is 18.7 Å². The van der Waals surface area contributed by atoms with Gasteiger partial charge in [0.25, 0.3) is 5.91 Å². The van der Waals surface area contributed by atoms with Crippen molar-refractivity contribution in [3.8, 4) is 17.4 Å². The molecule has 2 N–H and O–H groups in total. The standard InChI is InChI=1S/C23H21FN4O3S/c1-14(24)21(29)25-15-5-4-8-18(12-15)31-22-19-13-32-10-9-20(19)27-23(28-22)26-16-6-3-7-17(11-16)30-2/h3-8,11-12H,1,9-10,13H2,2H3,(H,25,29)(H,26,27,28). The van der Waals surface area contributed by atoms with Crippen molar-refractivity contribution in [1.82, 2.24) is 9.97 Å². The van der Waals surface area contributed by atoms with Gasteiger partial charge < -0.3 is 20.1 Å². The van der Waals surface area contributed by atoms with Crippen LogP contribution in [0.3, 0.4) is 0 Å². The maximum absolute atomic E-state index is 13.0. The van der Waals surface area contributed by atoms with Gasteiger partial charge in [0.2, 0.25) is 11.8 Å². The van der Waals surface area contributed by atoms with Crippen LogP contribution in [0.25, 0.3) is 0 Å². The number of amides is 1. The lowest BCUT2D eigenvalue weighted by Gasteiger charge is -2.19. The molecule has 0 aliphatic carbocycles. The summed E-state index contributed by atoms with van der Waals surface area (Å²) in [7, 11) is 1.61. The molecule has 0 unspecified atom stereocenters. The molecule has 0 atom stereocenters. The Morgan fingerprint density at radius 2 is 1.88 bits per heavy atom. The fourth-order valence-electron chi connectivity index (χ4n) is 3.12. The van der Waals surface area contributed by atoms with Gasteiger partial charge in [-0.25, -0.2) is 9.37 Å². The van der Waals surface area contributed by atoms with Crippen molar-refractivity contribution in [1.29, 1.82) is 0 Å². The van der Waals surface area contributed by atoms with Crippen LogP contribution in [0.2, 0.25) is 0 Å². The molecular weight excluding hydrogens is 431 g/mol. The number of hydrogen-bond donors (Lipinski definition) is 2. The Hall–Kier alpha value is -3.59. The molecule has 7 nitrogen and oxygen atoms in total. The molecule has 1 amide bonds. The zero-order valence-electron chi connectivity index (χ0n) is 17.4. The first-order valence-corrected chi connectivity index (χ1v) is 11.0. The van der Waals surface area contributed by atoms with E-state index in [1.165, 1.54) is 0 Å². The minimum atomic E-state index is -1.06. The second kappa shape index (κ2) is 9.69. The summed E-state index contributed by atoms with van der Waals surface area (Å²) in [5, 5.41) is 5.64. The van der Waals surface area contributed by atoms with Crippen LogP contribution in [0.5, 0.6) is 17.4 Å². The number of aryl methyl sites for hydroxylation is 1. The van der Waals surface area contributed by atoms with E-state index in [2.05, 4.69) is 27.2 Å². The summed E-state index contributed by atoms with van der Waals surface area (Å²) in [5.74, 6) is 1.77. The number of anilines is 3. The maximum atomic E-state index is 13.0. The molecule has 0 saturated heterocycles. The summed E-state index contributed by atoms with van der Waals surface area (Å²) in [4.78, 5) is 20.8. The number of carbonyl (C=O) groups excluding carboxylic acids is 1. The third-order valence-corrected chi connectivity index (χ3v) is 5.65. The largest absolute Gasteiger partial charge is 0.497 e. The average Bonchev–Trinajstić information content (AvgIpc) is 2.79. The Bertz CT molecular complexity index is 1170. The van der Waals surface area contributed by atoms with Crippen LogP contribution in [-0.4, -0.2) is 28.7 Å². The summed E-state index contributed by atoms with van der Waals surface area (Å²) >= 11 is 1.79. The first kappa shape index (κ1) is 21.6. The topological polar surface area (TPSA) is 85.4 Å². The molecular formula is C23H21FN4O3S. The van der Waals surface area contributed by atoms with Crippen LogP contribution in [0, 0.1) is 0 Å². The third kappa shape index (κ3) is 5.17. The number of aromatic nitrogens is 2. The van der Waals surface area contributed by atoms with Crippen LogP contribution >= 0.6 is 11.8 Å². The van der Waals surface area contributed by atoms with Crippen LogP contribution in [0.4, 0.5) is 21.7 Å². The molecule has 0 fully saturated rings. The van der Waals surface area contributed by atoms with Crippen LogP contribution < -0.4 is 20.1 Å². The predicted octanol–water partition coefficient (Wildman–Crippen LogP) is 5.23. The summed E-state index contributed by atoms with van der Waals surface area (Å²) < 4.78 is 24.4. The Kier molecular flexibility index (Phi) is 6.55. The Morgan fingerprint density at radius 1 is 1.12 bits per heavy atom. The summed E-state index contributed by atoms with van der Waals surface area (Å²) in [5.41, 5.74) is 3.04. The van der Waals surface area contributed by atoms with E-state index < -0.39 is 11.7 Å². The number of rotatable bonds is 7. The average molecular weight is 453 g/mol. The molecule has 2 aromatic carbocycles. The molecule has 1 aliphatic rings. The SMILES string of the molecule is C=C(F)C(=O)Nc1cccc(Oc2nc(Nc3cccc(OC)c3)nc3c2CSCC3)c1. The monoisotopic (exact) mass is 452 g/mol. The molecule has 2 heterocycles. The smallest absolute Gasteiger partial charge is 0.283 e. The third-order valence-electron chi connectivity index (χ3n) is 4.66. The number of nitrogens with zero attached hydrogens (tertiary/aromatic N) is 2. The number of halogens is 1. The Balaban J connectivity index is 1.62. The van der Waals surface area contributed by atoms with E-state index in [9.17, 15) is 9.18 Å². The summed E-state index contributed by atoms with van der Waals surface area (Å²) in [6.45, 7) is 3.00. The lowest BCUT2D eigenvalue weighted by atomic mass is 10.2. The predicted molar refractivity (Wildman–Crippen MR) is 124 cm³/mol. The Morgan fingerprint density at radius 3 is 2.66 bits per heavy atom. The van der Waals surface area contributed by atoms with Crippen molar-refractivity contribution in [2.45, 2.75) is 12.2 Å². The summed E-state index contributed by atoms with van der Waals surface area (Å²) in [6.07, 6.45) is 0.806. The van der Waals surface area contributed by atoms with Crippen molar-refractivity contribution in [3.05, 3.63) is 72.2 Å². The molecule has 164 valence electrons. The molecule has 0 bridgehead atoms. The molecule has 9 heteroatoms. The van der Waals surface area contributed by atoms with E-state index in [-0.39, 0.29) is 0 Å². The highest BCUT2D eigenvalue weighted by molar-refractivity contribution is 7.98. The molecule has 0 spiro atoms. The van der Waals surface area contributed by atoms with Crippen molar-refractivity contribution in [3.63, 3.8) is 0 Å². The van der Waals surface area contributed by atoms with Gasteiger partial charge in [-0.05, 0) is 36.4 Å². The first-order chi connectivity index (χ1) is 15.5. The number of carbonyl (C=O) groups is 1. The van der Waals surface area contributed by atoms with Gasteiger partial charge in [-0.3, -0.25) is 4.79 Å². The molecule has 4 rings (SSSR count). The van der Waals surface area contributed by atoms with Gasteiger partial charge in [0.1, 0.15) is 11.5 Å². The number of benzene rings is 2. The molecule has 32 heavy (non-hydrogen) atoms. The second-order valence-corrected chi connectivity index (χ2v) is 8.03. The van der Waals surface area contributed by atoms with E-state index in [4.69, 9.17) is 9.47 Å². The van der Waals surface area contributed by atoms with Gasteiger partial charge in [0, 0.05) is 34.8 Å². The van der Waals surface area contributed by atoms with E-state index in [0.29, 0.717) is 23.3 Å². The number of methoxy groups -OCH3 is 1. The number of nitrogens with one attached hydrogen (secondary N) is 2. The van der Waals surface area contributed by atoms with E-state index >= 15 is 0 Å². The van der Waals surface area contributed by atoms with Gasteiger partial charge in [0.15, 0.2) is 5.83 Å². The minimum Gasteiger partial charge on any atom is -0.497 e. The lowest BCUT2D eigenvalue weighted by molar-refractivity contribution is -0.114. The normalized spacial score (nSPS) is 12.4. The number of hydrogen-bond acceptors (Lipinski definition) is 7. The molecule has 0 radical (unpaired) electrons. The van der Waals surface area contributed by atoms with Crippen LogP contribution in [0.15, 0.2) is 60.9 Å².